The number of ether oxygens (including phenoxy) is 1. The zero-order valence-corrected chi connectivity index (χ0v) is 17.6. The molecule has 4 aliphatic rings. The van der Waals surface area contributed by atoms with Gasteiger partial charge in [0.25, 0.3) is 0 Å². The van der Waals surface area contributed by atoms with Gasteiger partial charge in [-0.2, -0.15) is 0 Å². The van der Waals surface area contributed by atoms with Gasteiger partial charge in [-0.25, -0.2) is 4.79 Å². The molecule has 5 rings (SSSR count). The molecule has 4 fully saturated rings. The van der Waals surface area contributed by atoms with Gasteiger partial charge < -0.3 is 26.4 Å². The Morgan fingerprint density at radius 3 is 2.34 bits per heavy atom. The van der Waals surface area contributed by atoms with Gasteiger partial charge in [-0.05, 0) is 68.4 Å². The number of urea groups is 1. The van der Waals surface area contributed by atoms with E-state index in [1.165, 1.54) is 19.3 Å². The molecule has 7 nitrogen and oxygen atoms in total. The Balaban J connectivity index is 0.00000240. The maximum Gasteiger partial charge on any atom is 0.315 e. The topological polar surface area (TPSA) is 105 Å². The fraction of sp³-hybridized carbons (Fsp3) is 0.619. The number of hydrogen-bond donors (Lipinski definition) is 4. The molecule has 0 unspecified atom stereocenters. The number of anilines is 2. The van der Waals surface area contributed by atoms with Crippen LogP contribution in [-0.4, -0.2) is 31.1 Å². The van der Waals surface area contributed by atoms with E-state index >= 15 is 0 Å². The molecule has 160 valence electrons. The Morgan fingerprint density at radius 1 is 1.14 bits per heavy atom. The zero-order chi connectivity index (χ0) is 19.7. The third-order valence-corrected chi connectivity index (χ3v) is 6.59. The molecule has 5 N–H and O–H groups in total. The lowest BCUT2D eigenvalue weighted by molar-refractivity contribution is -0.116. The molecule has 4 bridgehead atoms. The third kappa shape index (κ3) is 4.89. The van der Waals surface area contributed by atoms with Gasteiger partial charge in [0.1, 0.15) is 5.75 Å². The first kappa shape index (κ1) is 21.6. The monoisotopic (exact) mass is 422 g/mol. The highest BCUT2D eigenvalue weighted by molar-refractivity contribution is 5.94. The predicted octanol–water partition coefficient (Wildman–Crippen LogP) is 3.30. The van der Waals surface area contributed by atoms with E-state index in [1.54, 1.807) is 25.3 Å². The second-order valence-corrected chi connectivity index (χ2v) is 8.83. The minimum absolute atomic E-state index is 0. The van der Waals surface area contributed by atoms with Crippen molar-refractivity contribution in [1.82, 2.24) is 10.6 Å². The molecular formula is C21H31ClN4O3. The summed E-state index contributed by atoms with van der Waals surface area (Å²) in [4.78, 5) is 24.6. The highest BCUT2D eigenvalue weighted by atomic mass is 35.5. The van der Waals surface area contributed by atoms with Gasteiger partial charge in [0, 0.05) is 24.6 Å². The van der Waals surface area contributed by atoms with E-state index in [2.05, 4.69) is 16.0 Å². The maximum atomic E-state index is 12.4. The number of nitrogen functional groups attached to an aromatic ring is 1. The summed E-state index contributed by atoms with van der Waals surface area (Å²) >= 11 is 0. The number of halogens is 1. The fourth-order valence-corrected chi connectivity index (χ4v) is 5.82. The molecule has 4 aliphatic carbocycles. The molecule has 8 heteroatoms. The van der Waals surface area contributed by atoms with Crippen LogP contribution in [-0.2, 0) is 4.79 Å². The van der Waals surface area contributed by atoms with Crippen LogP contribution in [0.15, 0.2) is 18.2 Å². The summed E-state index contributed by atoms with van der Waals surface area (Å²) in [6.45, 7) is 0.286. The zero-order valence-electron chi connectivity index (χ0n) is 16.8. The summed E-state index contributed by atoms with van der Waals surface area (Å²) in [6.07, 6.45) is 7.55. The van der Waals surface area contributed by atoms with Crippen molar-refractivity contribution >= 4 is 35.7 Å². The summed E-state index contributed by atoms with van der Waals surface area (Å²) in [5, 5.41) is 8.87. The molecule has 1 aromatic carbocycles. The molecule has 29 heavy (non-hydrogen) atoms. The van der Waals surface area contributed by atoms with Crippen LogP contribution in [0, 0.1) is 17.8 Å². The molecule has 0 aliphatic heterocycles. The molecule has 0 atom stereocenters. The van der Waals surface area contributed by atoms with Gasteiger partial charge in [-0.15, -0.1) is 12.4 Å². The second-order valence-electron chi connectivity index (χ2n) is 8.83. The van der Waals surface area contributed by atoms with Crippen molar-refractivity contribution in [2.24, 2.45) is 17.8 Å². The van der Waals surface area contributed by atoms with E-state index in [-0.39, 0.29) is 42.8 Å². The van der Waals surface area contributed by atoms with Crippen LogP contribution in [0.3, 0.4) is 0 Å². The normalized spacial score (nSPS) is 28.9. The standard InChI is InChI=1S/C21H30N4O3.ClH/c1-28-16-2-3-17(22)18(9-16)24-19(26)4-5-23-20(27)25-21-10-13-6-14(11-21)8-15(7-13)12-21;/h2-3,9,13-15H,4-8,10-12,22H2,1H3,(H,24,26)(H2,23,25,27);1H. The molecule has 4 saturated carbocycles. The van der Waals surface area contributed by atoms with Crippen LogP contribution in [0.5, 0.6) is 5.75 Å². The average Bonchev–Trinajstić information content (AvgIpc) is 2.62. The van der Waals surface area contributed by atoms with E-state index < -0.39 is 0 Å². The Kier molecular flexibility index (Phi) is 6.46. The summed E-state index contributed by atoms with van der Waals surface area (Å²) in [5.74, 6) is 2.77. The number of benzene rings is 1. The maximum absolute atomic E-state index is 12.4. The molecule has 0 saturated heterocycles. The van der Waals surface area contributed by atoms with Crippen molar-refractivity contribution in [3.8, 4) is 5.75 Å². The second kappa shape index (κ2) is 8.69. The fourth-order valence-electron chi connectivity index (χ4n) is 5.82. The Bertz CT molecular complexity index is 735. The van der Waals surface area contributed by atoms with Crippen molar-refractivity contribution in [3.63, 3.8) is 0 Å². The van der Waals surface area contributed by atoms with Crippen molar-refractivity contribution in [3.05, 3.63) is 18.2 Å². The smallest absolute Gasteiger partial charge is 0.315 e. The Labute approximate surface area is 177 Å². The lowest BCUT2D eigenvalue weighted by Crippen LogP contribution is -2.61. The SMILES string of the molecule is COc1ccc(N)c(NC(=O)CCNC(=O)NC23CC4CC(CC(C4)C2)C3)c1.Cl. The predicted molar refractivity (Wildman–Crippen MR) is 115 cm³/mol. The van der Waals surface area contributed by atoms with Crippen LogP contribution in [0.1, 0.15) is 44.9 Å². The molecular weight excluding hydrogens is 392 g/mol. The quantitative estimate of drug-likeness (QED) is 0.528. The summed E-state index contributed by atoms with van der Waals surface area (Å²) < 4.78 is 5.15. The van der Waals surface area contributed by atoms with Crippen LogP contribution < -0.4 is 26.4 Å². The number of nitrogens with one attached hydrogen (secondary N) is 3. The first-order chi connectivity index (χ1) is 13.4. The van der Waals surface area contributed by atoms with Crippen molar-refractivity contribution in [2.75, 3.05) is 24.7 Å². The van der Waals surface area contributed by atoms with Crippen LogP contribution in [0.2, 0.25) is 0 Å². The number of methoxy groups -OCH3 is 1. The highest BCUT2D eigenvalue weighted by Gasteiger charge is 2.51. The minimum Gasteiger partial charge on any atom is -0.497 e. The molecule has 0 heterocycles. The van der Waals surface area contributed by atoms with Gasteiger partial charge in [0.2, 0.25) is 5.91 Å². The largest absolute Gasteiger partial charge is 0.497 e. The number of carbonyl (C=O) groups excluding carboxylic acids is 2. The summed E-state index contributed by atoms with van der Waals surface area (Å²) in [6, 6.07) is 4.95. The van der Waals surface area contributed by atoms with Crippen molar-refractivity contribution in [2.45, 2.75) is 50.5 Å². The van der Waals surface area contributed by atoms with E-state index in [1.807, 2.05) is 0 Å². The van der Waals surface area contributed by atoms with E-state index in [0.29, 0.717) is 17.1 Å². The van der Waals surface area contributed by atoms with Crippen molar-refractivity contribution < 1.29 is 14.3 Å². The Morgan fingerprint density at radius 2 is 1.76 bits per heavy atom. The summed E-state index contributed by atoms with van der Waals surface area (Å²) in [7, 11) is 1.56. The van der Waals surface area contributed by atoms with Crippen molar-refractivity contribution in [1.29, 1.82) is 0 Å². The molecule has 0 aromatic heterocycles. The molecule has 0 spiro atoms. The number of rotatable bonds is 6. The number of hydrogen-bond acceptors (Lipinski definition) is 4. The van der Waals surface area contributed by atoms with Gasteiger partial charge in [0.15, 0.2) is 0 Å². The minimum atomic E-state index is -0.199. The lowest BCUT2D eigenvalue weighted by Gasteiger charge is -2.56. The van der Waals surface area contributed by atoms with Gasteiger partial charge in [-0.3, -0.25) is 4.79 Å². The van der Waals surface area contributed by atoms with E-state index in [9.17, 15) is 9.59 Å². The van der Waals surface area contributed by atoms with Crippen LogP contribution >= 0.6 is 12.4 Å². The number of amides is 3. The first-order valence-electron chi connectivity index (χ1n) is 10.2. The number of carbonyl (C=O) groups is 2. The number of nitrogens with two attached hydrogens (primary N) is 1. The van der Waals surface area contributed by atoms with Crippen LogP contribution in [0.4, 0.5) is 16.2 Å². The third-order valence-electron chi connectivity index (χ3n) is 6.59. The molecule has 0 radical (unpaired) electrons. The Hall–Kier alpha value is -2.15. The molecule has 3 amide bonds. The van der Waals surface area contributed by atoms with Gasteiger partial charge >= 0.3 is 6.03 Å². The molecule has 1 aromatic rings. The first-order valence-corrected chi connectivity index (χ1v) is 10.2. The average molecular weight is 423 g/mol. The van der Waals surface area contributed by atoms with Crippen LogP contribution in [0.25, 0.3) is 0 Å². The van der Waals surface area contributed by atoms with Gasteiger partial charge in [-0.1, -0.05) is 0 Å². The van der Waals surface area contributed by atoms with E-state index in [4.69, 9.17) is 10.5 Å². The van der Waals surface area contributed by atoms with Gasteiger partial charge in [0.05, 0.1) is 18.5 Å². The van der Waals surface area contributed by atoms with E-state index in [0.717, 1.165) is 37.0 Å². The lowest BCUT2D eigenvalue weighted by atomic mass is 9.53. The highest BCUT2D eigenvalue weighted by Crippen LogP contribution is 2.55. The summed E-state index contributed by atoms with van der Waals surface area (Å²) in [5.41, 5.74) is 6.86.